The Morgan fingerprint density at radius 3 is 2.14 bits per heavy atom. The van der Waals surface area contributed by atoms with Gasteiger partial charge in [0.2, 0.25) is 0 Å². The third-order valence-electron chi connectivity index (χ3n) is 3.67. The lowest BCUT2D eigenvalue weighted by atomic mass is 9.97. The first-order valence-corrected chi connectivity index (χ1v) is 7.18. The van der Waals surface area contributed by atoms with E-state index in [0.717, 1.165) is 6.42 Å². The minimum Gasteiger partial charge on any atom is -0.399 e. The highest BCUT2D eigenvalue weighted by molar-refractivity contribution is 5.94. The summed E-state index contributed by atoms with van der Waals surface area (Å²) in [7, 11) is 0. The Kier molecular flexibility index (Phi) is 6.44. The van der Waals surface area contributed by atoms with E-state index in [1.807, 2.05) is 0 Å². The summed E-state index contributed by atoms with van der Waals surface area (Å²) in [4.78, 5) is 12.0. The van der Waals surface area contributed by atoms with E-state index in [1.54, 1.807) is 24.3 Å². The number of nitrogen functional groups attached to an aromatic ring is 1. The van der Waals surface area contributed by atoms with E-state index in [1.165, 1.54) is 22.3 Å². The van der Waals surface area contributed by atoms with Gasteiger partial charge in [-0.15, -0.1) is 12.4 Å². The van der Waals surface area contributed by atoms with Crippen LogP contribution in [0.1, 0.15) is 32.6 Å². The normalized spacial score (nSPS) is 9.95. The van der Waals surface area contributed by atoms with Gasteiger partial charge in [-0.05, 0) is 68.1 Å². The summed E-state index contributed by atoms with van der Waals surface area (Å²) in [5, 5.41) is 2.96. The van der Waals surface area contributed by atoms with Crippen LogP contribution in [-0.4, -0.2) is 12.5 Å². The second-order valence-electron chi connectivity index (χ2n) is 5.51. The van der Waals surface area contributed by atoms with Gasteiger partial charge in [-0.1, -0.05) is 17.7 Å². The molecule has 0 aliphatic carbocycles. The number of halogens is 1. The summed E-state index contributed by atoms with van der Waals surface area (Å²) in [5.41, 5.74) is 12.1. The molecule has 2 aromatic carbocycles. The third-order valence-corrected chi connectivity index (χ3v) is 3.67. The molecule has 0 aromatic heterocycles. The molecule has 22 heavy (non-hydrogen) atoms. The number of hydrogen-bond donors (Lipinski definition) is 2. The zero-order valence-electron chi connectivity index (χ0n) is 13.3. The molecule has 0 heterocycles. The monoisotopic (exact) mass is 318 g/mol. The lowest BCUT2D eigenvalue weighted by molar-refractivity contribution is 0.0954. The fraction of sp³-hybridized carbons (Fsp3) is 0.278. The quantitative estimate of drug-likeness (QED) is 0.846. The molecule has 0 aliphatic rings. The molecule has 0 unspecified atom stereocenters. The molecule has 3 nitrogen and oxygen atoms in total. The van der Waals surface area contributed by atoms with Gasteiger partial charge >= 0.3 is 0 Å². The molecule has 0 spiro atoms. The highest BCUT2D eigenvalue weighted by atomic mass is 35.5. The molecular weight excluding hydrogens is 296 g/mol. The zero-order chi connectivity index (χ0) is 15.4. The van der Waals surface area contributed by atoms with E-state index < -0.39 is 0 Å². The van der Waals surface area contributed by atoms with Crippen molar-refractivity contribution in [3.8, 4) is 0 Å². The van der Waals surface area contributed by atoms with Crippen molar-refractivity contribution in [1.82, 2.24) is 5.32 Å². The number of amides is 1. The van der Waals surface area contributed by atoms with Crippen molar-refractivity contribution in [2.45, 2.75) is 27.2 Å². The molecule has 2 aromatic rings. The van der Waals surface area contributed by atoms with Gasteiger partial charge in [0.1, 0.15) is 0 Å². The van der Waals surface area contributed by atoms with E-state index in [4.69, 9.17) is 5.73 Å². The Bertz CT molecular complexity index is 628. The number of hydrogen-bond acceptors (Lipinski definition) is 2. The van der Waals surface area contributed by atoms with Crippen LogP contribution in [0.5, 0.6) is 0 Å². The Labute approximate surface area is 138 Å². The van der Waals surface area contributed by atoms with Crippen LogP contribution >= 0.6 is 12.4 Å². The number of nitrogens with two attached hydrogens (primary N) is 1. The van der Waals surface area contributed by atoms with Crippen LogP contribution in [-0.2, 0) is 6.42 Å². The maximum atomic E-state index is 12.0. The van der Waals surface area contributed by atoms with E-state index >= 15 is 0 Å². The SMILES string of the molecule is Cc1cc(C)c(CCNC(=O)c2ccc(N)cc2)c(C)c1.Cl. The second-order valence-corrected chi connectivity index (χ2v) is 5.51. The predicted octanol–water partition coefficient (Wildman–Crippen LogP) is 3.59. The van der Waals surface area contributed by atoms with Crippen molar-refractivity contribution in [1.29, 1.82) is 0 Å². The van der Waals surface area contributed by atoms with Crippen LogP contribution in [0.15, 0.2) is 36.4 Å². The Balaban J connectivity index is 0.00000242. The molecular formula is C18H23ClN2O. The molecule has 0 saturated heterocycles. The number of rotatable bonds is 4. The van der Waals surface area contributed by atoms with Crippen LogP contribution in [0.25, 0.3) is 0 Å². The highest BCUT2D eigenvalue weighted by Crippen LogP contribution is 2.16. The average Bonchev–Trinajstić information content (AvgIpc) is 2.42. The van der Waals surface area contributed by atoms with E-state index in [-0.39, 0.29) is 18.3 Å². The van der Waals surface area contributed by atoms with Gasteiger partial charge in [0, 0.05) is 17.8 Å². The van der Waals surface area contributed by atoms with E-state index in [9.17, 15) is 4.79 Å². The highest BCUT2D eigenvalue weighted by Gasteiger charge is 2.07. The standard InChI is InChI=1S/C18H22N2O.ClH/c1-12-10-13(2)17(14(3)11-12)8-9-20-18(21)15-4-6-16(19)7-5-15;/h4-7,10-11H,8-9,19H2,1-3H3,(H,20,21);1H. The first kappa shape index (κ1) is 18.1. The molecule has 3 N–H and O–H groups in total. The molecule has 118 valence electrons. The van der Waals surface area contributed by atoms with Gasteiger partial charge in [0.25, 0.3) is 5.91 Å². The van der Waals surface area contributed by atoms with Gasteiger partial charge in [0.05, 0.1) is 0 Å². The Morgan fingerprint density at radius 2 is 1.59 bits per heavy atom. The Hall–Kier alpha value is -2.00. The number of carbonyl (C=O) groups is 1. The summed E-state index contributed by atoms with van der Waals surface area (Å²) in [6.07, 6.45) is 0.846. The smallest absolute Gasteiger partial charge is 0.251 e. The van der Waals surface area contributed by atoms with Crippen LogP contribution in [0.3, 0.4) is 0 Å². The van der Waals surface area contributed by atoms with E-state index in [2.05, 4.69) is 38.2 Å². The van der Waals surface area contributed by atoms with Crippen molar-refractivity contribution in [3.05, 3.63) is 64.2 Å². The largest absolute Gasteiger partial charge is 0.399 e. The fourth-order valence-corrected chi connectivity index (χ4v) is 2.64. The van der Waals surface area contributed by atoms with Crippen LogP contribution in [0.2, 0.25) is 0 Å². The molecule has 0 bridgehead atoms. The van der Waals surface area contributed by atoms with Crippen molar-refractivity contribution in [3.63, 3.8) is 0 Å². The summed E-state index contributed by atoms with van der Waals surface area (Å²) >= 11 is 0. The van der Waals surface area contributed by atoms with Gasteiger partial charge in [-0.25, -0.2) is 0 Å². The van der Waals surface area contributed by atoms with Gasteiger partial charge < -0.3 is 11.1 Å². The molecule has 0 radical (unpaired) electrons. The molecule has 4 heteroatoms. The van der Waals surface area contributed by atoms with Crippen LogP contribution in [0.4, 0.5) is 5.69 Å². The molecule has 2 rings (SSSR count). The van der Waals surface area contributed by atoms with Gasteiger partial charge in [-0.2, -0.15) is 0 Å². The number of benzene rings is 2. The Morgan fingerprint density at radius 1 is 1.05 bits per heavy atom. The molecule has 0 aliphatic heterocycles. The minimum absolute atomic E-state index is 0. The van der Waals surface area contributed by atoms with Crippen molar-refractivity contribution < 1.29 is 4.79 Å². The first-order chi connectivity index (χ1) is 9.97. The molecule has 0 fully saturated rings. The van der Waals surface area contributed by atoms with Crippen LogP contribution in [0, 0.1) is 20.8 Å². The van der Waals surface area contributed by atoms with Crippen molar-refractivity contribution in [2.24, 2.45) is 0 Å². The van der Waals surface area contributed by atoms with Crippen molar-refractivity contribution in [2.75, 3.05) is 12.3 Å². The lowest BCUT2D eigenvalue weighted by Crippen LogP contribution is -2.26. The third kappa shape index (κ3) is 4.50. The topological polar surface area (TPSA) is 55.1 Å². The summed E-state index contributed by atoms with van der Waals surface area (Å²) < 4.78 is 0. The summed E-state index contributed by atoms with van der Waals surface area (Å²) in [6, 6.07) is 11.3. The maximum absolute atomic E-state index is 12.0. The van der Waals surface area contributed by atoms with Crippen molar-refractivity contribution >= 4 is 24.0 Å². The summed E-state index contributed by atoms with van der Waals surface area (Å²) in [6.45, 7) is 6.98. The number of carbonyl (C=O) groups excluding carboxylic acids is 1. The van der Waals surface area contributed by atoms with Crippen LogP contribution < -0.4 is 11.1 Å². The predicted molar refractivity (Wildman–Crippen MR) is 94.8 cm³/mol. The lowest BCUT2D eigenvalue weighted by Gasteiger charge is -2.12. The molecule has 0 saturated carbocycles. The number of aryl methyl sites for hydroxylation is 3. The maximum Gasteiger partial charge on any atom is 0.251 e. The second kappa shape index (κ2) is 7.85. The molecule has 1 amide bonds. The zero-order valence-corrected chi connectivity index (χ0v) is 14.1. The van der Waals surface area contributed by atoms with Gasteiger partial charge in [0.15, 0.2) is 0 Å². The van der Waals surface area contributed by atoms with E-state index in [0.29, 0.717) is 17.8 Å². The summed E-state index contributed by atoms with van der Waals surface area (Å²) in [5.74, 6) is -0.0579. The van der Waals surface area contributed by atoms with Gasteiger partial charge in [-0.3, -0.25) is 4.79 Å². The first-order valence-electron chi connectivity index (χ1n) is 7.18. The number of anilines is 1. The average molecular weight is 319 g/mol. The molecule has 0 atom stereocenters. The number of nitrogens with one attached hydrogen (secondary N) is 1. The minimum atomic E-state index is -0.0579. The fourth-order valence-electron chi connectivity index (χ4n) is 2.64.